The van der Waals surface area contributed by atoms with Crippen molar-refractivity contribution >= 4 is 11.8 Å². The Labute approximate surface area is 144 Å². The number of carbonyl (C=O) groups is 2. The minimum Gasteiger partial charge on any atom is -0.387 e. The second-order valence-electron chi connectivity index (χ2n) is 7.88. The van der Waals surface area contributed by atoms with E-state index in [1.54, 1.807) is 7.11 Å². The second-order valence-corrected chi connectivity index (χ2v) is 7.88. The highest BCUT2D eigenvalue weighted by atomic mass is 16.5. The number of nitrogens with two attached hydrogens (primary N) is 1. The van der Waals surface area contributed by atoms with Crippen molar-refractivity contribution in [2.24, 2.45) is 17.1 Å². The van der Waals surface area contributed by atoms with Gasteiger partial charge in [-0.3, -0.25) is 14.5 Å². The summed E-state index contributed by atoms with van der Waals surface area (Å²) in [6.45, 7) is 7.07. The minimum absolute atomic E-state index is 0.00135. The second kappa shape index (κ2) is 7.37. The molecule has 0 spiro atoms. The van der Waals surface area contributed by atoms with Gasteiger partial charge in [-0.1, -0.05) is 13.8 Å². The molecule has 2 aliphatic rings. The molecule has 0 unspecified atom stereocenters. The molecule has 2 saturated heterocycles. The lowest BCUT2D eigenvalue weighted by Crippen LogP contribution is -2.61. The van der Waals surface area contributed by atoms with Gasteiger partial charge in [0, 0.05) is 31.5 Å². The smallest absolute Gasteiger partial charge is 0.231 e. The van der Waals surface area contributed by atoms with Gasteiger partial charge in [0.25, 0.3) is 0 Å². The maximum absolute atomic E-state index is 12.8. The van der Waals surface area contributed by atoms with E-state index >= 15 is 0 Å². The Hall–Kier alpha value is -1.18. The van der Waals surface area contributed by atoms with E-state index in [0.717, 1.165) is 25.9 Å². The molecule has 2 heterocycles. The van der Waals surface area contributed by atoms with E-state index in [2.05, 4.69) is 0 Å². The van der Waals surface area contributed by atoms with E-state index in [9.17, 15) is 14.7 Å². The van der Waals surface area contributed by atoms with Crippen LogP contribution in [0, 0.1) is 11.3 Å². The van der Waals surface area contributed by atoms with Crippen molar-refractivity contribution in [3.8, 4) is 0 Å². The summed E-state index contributed by atoms with van der Waals surface area (Å²) in [7, 11) is 1.59. The molecule has 1 atom stereocenters. The summed E-state index contributed by atoms with van der Waals surface area (Å²) in [5, 5.41) is 10.8. The monoisotopic (exact) mass is 341 g/mol. The summed E-state index contributed by atoms with van der Waals surface area (Å²) < 4.78 is 5.18. The number of likely N-dealkylation sites (tertiary alicyclic amines) is 2. The van der Waals surface area contributed by atoms with Gasteiger partial charge in [-0.15, -0.1) is 0 Å². The predicted molar refractivity (Wildman–Crippen MR) is 90.2 cm³/mol. The standard InChI is InChI=1S/C17H31N3O4/c1-16(2)11-20(9-6-17(16,23)12-24-3)15(22)13-4-7-19(8-5-13)10-14(18)21/h13,23H,4-12H2,1-3H3,(H2,18,21)/t17-/m1/s1. The van der Waals surface area contributed by atoms with Crippen molar-refractivity contribution in [3.05, 3.63) is 0 Å². The van der Waals surface area contributed by atoms with Crippen LogP contribution in [0.2, 0.25) is 0 Å². The van der Waals surface area contributed by atoms with Gasteiger partial charge >= 0.3 is 0 Å². The fourth-order valence-electron chi connectivity index (χ4n) is 3.87. The van der Waals surface area contributed by atoms with Crippen LogP contribution in [0.15, 0.2) is 0 Å². The van der Waals surface area contributed by atoms with Gasteiger partial charge in [-0.2, -0.15) is 0 Å². The highest BCUT2D eigenvalue weighted by Crippen LogP contribution is 2.39. The summed E-state index contributed by atoms with van der Waals surface area (Å²) in [4.78, 5) is 27.7. The average Bonchev–Trinajstić information content (AvgIpc) is 2.50. The van der Waals surface area contributed by atoms with Crippen molar-refractivity contribution in [2.75, 3.05) is 46.4 Å². The Morgan fingerprint density at radius 3 is 2.38 bits per heavy atom. The van der Waals surface area contributed by atoms with Crippen molar-refractivity contribution in [3.63, 3.8) is 0 Å². The number of carbonyl (C=O) groups excluding carboxylic acids is 2. The first kappa shape index (κ1) is 19.1. The molecule has 2 aliphatic heterocycles. The minimum atomic E-state index is -0.899. The van der Waals surface area contributed by atoms with Gasteiger partial charge in [0.2, 0.25) is 11.8 Å². The van der Waals surface area contributed by atoms with E-state index in [-0.39, 0.29) is 30.9 Å². The van der Waals surface area contributed by atoms with Crippen LogP contribution in [-0.2, 0) is 14.3 Å². The van der Waals surface area contributed by atoms with Crippen LogP contribution >= 0.6 is 0 Å². The predicted octanol–water partition coefficient (Wildman–Crippen LogP) is -0.180. The molecule has 3 N–H and O–H groups in total. The molecule has 0 aromatic carbocycles. The number of ether oxygens (including phenoxy) is 1. The zero-order valence-electron chi connectivity index (χ0n) is 15.1. The van der Waals surface area contributed by atoms with Gasteiger partial charge in [0.05, 0.1) is 18.8 Å². The van der Waals surface area contributed by atoms with Crippen LogP contribution < -0.4 is 5.73 Å². The lowest BCUT2D eigenvalue weighted by atomic mass is 9.70. The largest absolute Gasteiger partial charge is 0.387 e. The van der Waals surface area contributed by atoms with Gasteiger partial charge < -0.3 is 20.5 Å². The highest BCUT2D eigenvalue weighted by molar-refractivity contribution is 5.79. The van der Waals surface area contributed by atoms with Crippen molar-refractivity contribution in [1.82, 2.24) is 9.80 Å². The third-order valence-electron chi connectivity index (χ3n) is 5.65. The number of methoxy groups -OCH3 is 1. The van der Waals surface area contributed by atoms with E-state index in [0.29, 0.717) is 19.5 Å². The van der Waals surface area contributed by atoms with E-state index in [1.165, 1.54) is 0 Å². The zero-order valence-corrected chi connectivity index (χ0v) is 15.1. The topological polar surface area (TPSA) is 96.1 Å². The zero-order chi connectivity index (χ0) is 18.0. The number of hydrogen-bond acceptors (Lipinski definition) is 5. The highest BCUT2D eigenvalue weighted by Gasteiger charge is 2.49. The van der Waals surface area contributed by atoms with Crippen LogP contribution in [0.5, 0.6) is 0 Å². The van der Waals surface area contributed by atoms with Crippen molar-refractivity contribution in [2.45, 2.75) is 38.7 Å². The van der Waals surface area contributed by atoms with E-state index in [1.807, 2.05) is 23.6 Å². The normalized spacial score (nSPS) is 28.8. The Balaban J connectivity index is 1.92. The Kier molecular flexibility index (Phi) is 5.88. The maximum atomic E-state index is 12.8. The molecule has 0 aliphatic carbocycles. The number of piperidine rings is 2. The summed E-state index contributed by atoms with van der Waals surface area (Å²) >= 11 is 0. The molecule has 2 rings (SSSR count). The fourth-order valence-corrected chi connectivity index (χ4v) is 3.87. The number of rotatable bonds is 5. The molecule has 138 valence electrons. The van der Waals surface area contributed by atoms with Crippen LogP contribution in [0.1, 0.15) is 33.1 Å². The quantitative estimate of drug-likeness (QED) is 0.723. The SMILES string of the molecule is COC[C@]1(O)CCN(C(=O)C2CCN(CC(N)=O)CC2)CC1(C)C. The molecule has 24 heavy (non-hydrogen) atoms. The fraction of sp³-hybridized carbons (Fsp3) is 0.882. The molecule has 2 amide bonds. The van der Waals surface area contributed by atoms with Crippen LogP contribution in [0.4, 0.5) is 0 Å². The maximum Gasteiger partial charge on any atom is 0.231 e. The lowest BCUT2D eigenvalue weighted by molar-refractivity contribution is -0.167. The summed E-state index contributed by atoms with van der Waals surface area (Å²) in [6, 6.07) is 0. The molecule has 7 nitrogen and oxygen atoms in total. The molecular weight excluding hydrogens is 310 g/mol. The average molecular weight is 341 g/mol. The van der Waals surface area contributed by atoms with Gasteiger partial charge in [0.1, 0.15) is 0 Å². The van der Waals surface area contributed by atoms with Gasteiger partial charge in [-0.25, -0.2) is 0 Å². The Morgan fingerprint density at radius 2 is 1.88 bits per heavy atom. The van der Waals surface area contributed by atoms with Crippen LogP contribution in [0.3, 0.4) is 0 Å². The Morgan fingerprint density at radius 1 is 1.25 bits per heavy atom. The lowest BCUT2D eigenvalue weighted by Gasteiger charge is -2.50. The first-order chi connectivity index (χ1) is 11.2. The number of aliphatic hydroxyl groups is 1. The van der Waals surface area contributed by atoms with Gasteiger partial charge in [0.15, 0.2) is 0 Å². The first-order valence-corrected chi connectivity index (χ1v) is 8.69. The molecule has 0 radical (unpaired) electrons. The molecule has 0 aromatic heterocycles. The molecule has 0 saturated carbocycles. The van der Waals surface area contributed by atoms with Crippen LogP contribution in [-0.4, -0.2) is 78.8 Å². The van der Waals surface area contributed by atoms with E-state index < -0.39 is 11.0 Å². The molecular formula is C17H31N3O4. The summed E-state index contributed by atoms with van der Waals surface area (Å²) in [5.41, 5.74) is 3.91. The van der Waals surface area contributed by atoms with Crippen LogP contribution in [0.25, 0.3) is 0 Å². The molecule has 2 fully saturated rings. The molecule has 0 aromatic rings. The van der Waals surface area contributed by atoms with Crippen molar-refractivity contribution in [1.29, 1.82) is 0 Å². The number of hydrogen-bond donors (Lipinski definition) is 2. The summed E-state index contributed by atoms with van der Waals surface area (Å²) in [5.74, 6) is -0.158. The molecule has 0 bridgehead atoms. The van der Waals surface area contributed by atoms with Gasteiger partial charge in [-0.05, 0) is 32.4 Å². The first-order valence-electron chi connectivity index (χ1n) is 8.69. The van der Waals surface area contributed by atoms with E-state index in [4.69, 9.17) is 10.5 Å². The number of amides is 2. The number of primary amides is 1. The third kappa shape index (κ3) is 4.07. The third-order valence-corrected chi connectivity index (χ3v) is 5.65. The Bertz CT molecular complexity index is 474. The number of nitrogens with zero attached hydrogens (tertiary/aromatic N) is 2. The molecule has 7 heteroatoms. The van der Waals surface area contributed by atoms with Crippen molar-refractivity contribution < 1.29 is 19.4 Å². The summed E-state index contributed by atoms with van der Waals surface area (Å²) in [6.07, 6.45) is 2.04.